The van der Waals surface area contributed by atoms with Crippen molar-refractivity contribution in [2.24, 2.45) is 5.92 Å². The van der Waals surface area contributed by atoms with Crippen molar-refractivity contribution in [2.45, 2.75) is 271 Å². The highest BCUT2D eigenvalue weighted by atomic mass is 35.5. The molecule has 3 N–H and O–H groups in total. The van der Waals surface area contributed by atoms with Crippen LogP contribution in [0.2, 0.25) is 0 Å². The highest BCUT2D eigenvalue weighted by molar-refractivity contribution is 4.54. The molecule has 0 aromatic rings. The van der Waals surface area contributed by atoms with Gasteiger partial charge in [0.1, 0.15) is 0 Å². The summed E-state index contributed by atoms with van der Waals surface area (Å²) < 4.78 is 0. The van der Waals surface area contributed by atoms with Gasteiger partial charge in [-0.3, -0.25) is 0 Å². The fraction of sp³-hybridized carbons (Fsp3) is 1.00. The van der Waals surface area contributed by atoms with E-state index in [0.717, 1.165) is 12.5 Å². The minimum Gasteiger partial charge on any atom is -1.00 e. The Bertz CT molecular complexity index is 492. The van der Waals surface area contributed by atoms with Crippen LogP contribution in [0.15, 0.2) is 0 Å². The van der Waals surface area contributed by atoms with E-state index < -0.39 is 0 Å². The number of hydrogen-bond acceptors (Lipinski definition) is 0. The summed E-state index contributed by atoms with van der Waals surface area (Å²) in [5.41, 5.74) is 3.93. The van der Waals surface area contributed by atoms with Crippen LogP contribution in [0.5, 0.6) is 0 Å². The number of rotatable bonds is 41. The fourth-order valence-corrected chi connectivity index (χ4v) is 7.27. The number of halogens is 1. The first-order chi connectivity index (χ1) is 22.3. The normalized spacial score (nSPS) is 11.5. The summed E-state index contributed by atoms with van der Waals surface area (Å²) in [6, 6.07) is 0. The maximum atomic E-state index is 3.93. The predicted octanol–water partition coefficient (Wildman–Crippen LogP) is 12.5. The maximum absolute atomic E-state index is 3.93. The highest BCUT2D eigenvalue weighted by Gasteiger charge is 1.98. The molecular formula is C44H92ClN. The van der Waals surface area contributed by atoms with Gasteiger partial charge in [0.2, 0.25) is 0 Å². The zero-order valence-electron chi connectivity index (χ0n) is 32.7. The van der Waals surface area contributed by atoms with Gasteiger partial charge >= 0.3 is 0 Å². The van der Waals surface area contributed by atoms with E-state index in [1.54, 1.807) is 0 Å². The summed E-state index contributed by atoms with van der Waals surface area (Å²) in [7, 11) is 0. The number of hydrogen-bond donors (Lipinski definition) is 1. The molecule has 0 aliphatic heterocycles. The summed E-state index contributed by atoms with van der Waals surface area (Å²) in [6.45, 7) is 5.83. The molecule has 0 fully saturated rings. The van der Waals surface area contributed by atoms with E-state index in [1.807, 2.05) is 0 Å². The van der Waals surface area contributed by atoms with Crippen LogP contribution in [0.25, 0.3) is 0 Å². The van der Waals surface area contributed by atoms with Crippen LogP contribution < -0.4 is 18.1 Å². The molecule has 0 atom stereocenters. The summed E-state index contributed by atoms with van der Waals surface area (Å²) >= 11 is 0. The van der Waals surface area contributed by atoms with Crippen molar-refractivity contribution in [2.75, 3.05) is 6.54 Å². The molecule has 0 aromatic carbocycles. The zero-order chi connectivity index (χ0) is 32.6. The Morgan fingerprint density at radius 1 is 0.239 bits per heavy atom. The first-order valence-electron chi connectivity index (χ1n) is 22.1. The monoisotopic (exact) mass is 670 g/mol. The quantitative estimate of drug-likeness (QED) is 0.0627. The maximum Gasteiger partial charge on any atom is 0.0739 e. The molecule has 2 heteroatoms. The number of quaternary nitrogens is 1. The van der Waals surface area contributed by atoms with E-state index in [2.05, 4.69) is 19.6 Å². The largest absolute Gasteiger partial charge is 1.00 e. The molecule has 46 heavy (non-hydrogen) atoms. The average Bonchev–Trinajstić information content (AvgIpc) is 3.03. The Kier molecular flexibility index (Phi) is 47.6. The Balaban J connectivity index is 0. The zero-order valence-corrected chi connectivity index (χ0v) is 33.4. The molecule has 1 nitrogen and oxygen atoms in total. The van der Waals surface area contributed by atoms with Gasteiger partial charge in [-0.2, -0.15) is 0 Å². The van der Waals surface area contributed by atoms with E-state index in [1.165, 1.54) is 257 Å². The highest BCUT2D eigenvalue weighted by Crippen LogP contribution is 2.18. The third-order valence-corrected chi connectivity index (χ3v) is 10.5. The van der Waals surface area contributed by atoms with Crippen molar-refractivity contribution in [3.63, 3.8) is 0 Å². The van der Waals surface area contributed by atoms with Crippen LogP contribution >= 0.6 is 0 Å². The molecule has 0 rings (SSSR count). The van der Waals surface area contributed by atoms with Crippen LogP contribution in [0, 0.1) is 5.92 Å². The lowest BCUT2D eigenvalue weighted by Gasteiger charge is -2.05. The minimum absolute atomic E-state index is 0. The third kappa shape index (κ3) is 46.4. The van der Waals surface area contributed by atoms with E-state index in [0.29, 0.717) is 0 Å². The second kappa shape index (κ2) is 45.2. The minimum atomic E-state index is 0. The summed E-state index contributed by atoms with van der Waals surface area (Å²) in [5, 5.41) is 0. The van der Waals surface area contributed by atoms with E-state index in [9.17, 15) is 0 Å². The first-order valence-corrected chi connectivity index (χ1v) is 22.1. The van der Waals surface area contributed by atoms with E-state index >= 15 is 0 Å². The van der Waals surface area contributed by atoms with Gasteiger partial charge in [-0.15, -0.1) is 0 Å². The lowest BCUT2D eigenvalue weighted by Crippen LogP contribution is -3.00. The molecule has 280 valence electrons. The second-order valence-corrected chi connectivity index (χ2v) is 15.8. The van der Waals surface area contributed by atoms with Gasteiger partial charge in [0.05, 0.1) is 6.54 Å². The van der Waals surface area contributed by atoms with Gasteiger partial charge < -0.3 is 18.1 Å². The first kappa shape index (κ1) is 48.4. The van der Waals surface area contributed by atoms with Gasteiger partial charge in [0.25, 0.3) is 0 Å². The van der Waals surface area contributed by atoms with Crippen molar-refractivity contribution in [3.8, 4) is 0 Å². The van der Waals surface area contributed by atoms with Gasteiger partial charge in [0, 0.05) is 0 Å². The second-order valence-electron chi connectivity index (χ2n) is 15.8. The Morgan fingerprint density at radius 3 is 0.500 bits per heavy atom. The molecule has 0 bridgehead atoms. The summed E-state index contributed by atoms with van der Waals surface area (Å²) in [6.07, 6.45) is 59.2. The Labute approximate surface area is 300 Å². The van der Waals surface area contributed by atoms with E-state index in [-0.39, 0.29) is 12.4 Å². The van der Waals surface area contributed by atoms with Crippen LogP contribution in [-0.2, 0) is 0 Å². The SMILES string of the molecule is CC(C)CCCCCCCCCCCCCCCCCCCCCCCCCCCCCCCCCCCCCCCCC[NH3+].[Cl-]. The molecule has 0 saturated carbocycles. The molecule has 0 amide bonds. The summed E-state index contributed by atoms with van der Waals surface area (Å²) in [4.78, 5) is 0. The predicted molar refractivity (Wildman–Crippen MR) is 207 cm³/mol. The Hall–Kier alpha value is 0.250. The van der Waals surface area contributed by atoms with Crippen molar-refractivity contribution in [3.05, 3.63) is 0 Å². The average molecular weight is 671 g/mol. The Morgan fingerprint density at radius 2 is 0.370 bits per heavy atom. The van der Waals surface area contributed by atoms with Crippen molar-refractivity contribution < 1.29 is 18.1 Å². The standard InChI is InChI=1S/C44H91N.ClH/c1-44(2)42-40-38-36-34-32-30-28-26-24-22-20-18-16-14-12-10-8-6-4-3-5-7-9-11-13-15-17-19-21-23-25-27-29-31-33-35-37-39-41-43-45;/h44H,3-43,45H2,1-2H3;1H. The van der Waals surface area contributed by atoms with Crippen molar-refractivity contribution >= 4 is 0 Å². The van der Waals surface area contributed by atoms with Crippen molar-refractivity contribution in [1.29, 1.82) is 0 Å². The van der Waals surface area contributed by atoms with Gasteiger partial charge in [-0.25, -0.2) is 0 Å². The molecule has 0 saturated heterocycles. The fourth-order valence-electron chi connectivity index (χ4n) is 7.27. The smallest absolute Gasteiger partial charge is 0.0739 e. The number of unbranched alkanes of at least 4 members (excludes halogenated alkanes) is 38. The van der Waals surface area contributed by atoms with E-state index in [4.69, 9.17) is 0 Å². The molecule has 0 aliphatic rings. The molecule has 0 radical (unpaired) electrons. The molecule has 0 aromatic heterocycles. The lowest BCUT2D eigenvalue weighted by atomic mass is 10.0. The van der Waals surface area contributed by atoms with Crippen LogP contribution in [0.3, 0.4) is 0 Å². The topological polar surface area (TPSA) is 27.6 Å². The van der Waals surface area contributed by atoms with Gasteiger partial charge in [-0.05, 0) is 18.8 Å². The van der Waals surface area contributed by atoms with Crippen LogP contribution in [0.4, 0.5) is 0 Å². The van der Waals surface area contributed by atoms with Gasteiger partial charge in [-0.1, -0.05) is 258 Å². The van der Waals surface area contributed by atoms with Gasteiger partial charge in [0.15, 0.2) is 0 Å². The third-order valence-electron chi connectivity index (χ3n) is 10.5. The molecular weight excluding hydrogens is 578 g/mol. The van der Waals surface area contributed by atoms with Crippen LogP contribution in [-0.4, -0.2) is 6.54 Å². The molecule has 0 heterocycles. The molecule has 0 spiro atoms. The van der Waals surface area contributed by atoms with Crippen LogP contribution in [0.1, 0.15) is 271 Å². The summed E-state index contributed by atoms with van der Waals surface area (Å²) in [5.74, 6) is 0.896. The molecule has 0 aliphatic carbocycles. The lowest BCUT2D eigenvalue weighted by molar-refractivity contribution is -0.368. The molecule has 0 unspecified atom stereocenters. The van der Waals surface area contributed by atoms with Crippen molar-refractivity contribution in [1.82, 2.24) is 0 Å².